The molecule has 3 aromatic heterocycles. The van der Waals surface area contributed by atoms with Crippen LogP contribution in [0.25, 0.3) is 16.4 Å². The minimum Gasteiger partial charge on any atom is -0.345 e. The van der Waals surface area contributed by atoms with Gasteiger partial charge in [0.1, 0.15) is 18.5 Å². The Bertz CT molecular complexity index is 1350. The minimum absolute atomic E-state index is 0.0468. The van der Waals surface area contributed by atoms with E-state index in [0.717, 1.165) is 16.0 Å². The average Bonchev–Trinajstić information content (AvgIpc) is 3.60. The second-order valence-electron chi connectivity index (χ2n) is 7.22. The van der Waals surface area contributed by atoms with Crippen LogP contribution in [0.5, 0.6) is 0 Å². The zero-order valence-electron chi connectivity index (χ0n) is 17.3. The van der Waals surface area contributed by atoms with Crippen LogP contribution in [0.1, 0.15) is 21.7 Å². The second-order valence-corrected chi connectivity index (χ2v) is 8.16. The first kappa shape index (κ1) is 20.7. The predicted octanol–water partition coefficient (Wildman–Crippen LogP) is 3.70. The SMILES string of the molecule is O=C(NCc1ccc(Cn2cncn2)cc1)c1nc(-c2cccs2)n(-c2ccc(F)cc2)n1. The molecular formula is C23H18FN7OS. The van der Waals surface area contributed by atoms with Crippen molar-refractivity contribution >= 4 is 17.2 Å². The summed E-state index contributed by atoms with van der Waals surface area (Å²) >= 11 is 1.49. The molecule has 33 heavy (non-hydrogen) atoms. The van der Waals surface area contributed by atoms with Gasteiger partial charge >= 0.3 is 0 Å². The molecule has 0 bridgehead atoms. The molecule has 3 heterocycles. The van der Waals surface area contributed by atoms with E-state index in [1.165, 1.54) is 29.8 Å². The molecule has 1 amide bonds. The van der Waals surface area contributed by atoms with Crippen LogP contribution < -0.4 is 5.32 Å². The van der Waals surface area contributed by atoms with Crippen molar-refractivity contribution in [3.05, 3.63) is 101 Å². The van der Waals surface area contributed by atoms with Crippen LogP contribution in [0.2, 0.25) is 0 Å². The molecule has 0 fully saturated rings. The van der Waals surface area contributed by atoms with Crippen LogP contribution >= 0.6 is 11.3 Å². The third-order valence-electron chi connectivity index (χ3n) is 4.91. The Balaban J connectivity index is 1.31. The van der Waals surface area contributed by atoms with Gasteiger partial charge in [-0.25, -0.2) is 23.7 Å². The van der Waals surface area contributed by atoms with Crippen molar-refractivity contribution < 1.29 is 9.18 Å². The molecule has 0 atom stereocenters. The predicted molar refractivity (Wildman–Crippen MR) is 121 cm³/mol. The Morgan fingerprint density at radius 1 is 1.03 bits per heavy atom. The fraction of sp³-hybridized carbons (Fsp3) is 0.0870. The lowest BCUT2D eigenvalue weighted by Gasteiger charge is -2.05. The van der Waals surface area contributed by atoms with Crippen molar-refractivity contribution in [1.29, 1.82) is 0 Å². The molecule has 0 spiro atoms. The summed E-state index contributed by atoms with van der Waals surface area (Å²) in [5.74, 6) is -0.160. The molecule has 1 N–H and O–H groups in total. The summed E-state index contributed by atoms with van der Waals surface area (Å²) in [6.45, 7) is 0.963. The van der Waals surface area contributed by atoms with E-state index in [4.69, 9.17) is 0 Å². The highest BCUT2D eigenvalue weighted by molar-refractivity contribution is 7.13. The smallest absolute Gasteiger partial charge is 0.291 e. The number of aromatic nitrogens is 6. The normalized spacial score (nSPS) is 10.9. The monoisotopic (exact) mass is 459 g/mol. The Morgan fingerprint density at radius 2 is 1.82 bits per heavy atom. The van der Waals surface area contributed by atoms with Crippen molar-refractivity contribution in [3.8, 4) is 16.4 Å². The van der Waals surface area contributed by atoms with Crippen molar-refractivity contribution in [2.75, 3.05) is 0 Å². The molecule has 10 heteroatoms. The fourth-order valence-corrected chi connectivity index (χ4v) is 3.96. The molecule has 5 rings (SSSR count). The first-order valence-corrected chi connectivity index (χ1v) is 11.0. The molecule has 5 aromatic rings. The van der Waals surface area contributed by atoms with Gasteiger partial charge in [-0.2, -0.15) is 5.10 Å². The molecule has 0 unspecified atom stereocenters. The summed E-state index contributed by atoms with van der Waals surface area (Å²) in [4.78, 5) is 22.0. The van der Waals surface area contributed by atoms with Gasteiger partial charge in [0, 0.05) is 6.54 Å². The van der Waals surface area contributed by atoms with Gasteiger partial charge < -0.3 is 5.32 Å². The van der Waals surface area contributed by atoms with E-state index >= 15 is 0 Å². The van der Waals surface area contributed by atoms with E-state index in [0.29, 0.717) is 24.6 Å². The Labute approximate surface area is 192 Å². The number of carbonyl (C=O) groups is 1. The molecule has 0 aliphatic rings. The lowest BCUT2D eigenvalue weighted by molar-refractivity contribution is 0.0940. The molecule has 0 saturated carbocycles. The van der Waals surface area contributed by atoms with Gasteiger partial charge in [0.25, 0.3) is 5.91 Å². The van der Waals surface area contributed by atoms with Crippen molar-refractivity contribution in [1.82, 2.24) is 34.8 Å². The van der Waals surface area contributed by atoms with Crippen molar-refractivity contribution in [2.24, 2.45) is 0 Å². The molecule has 0 saturated heterocycles. The molecule has 0 radical (unpaired) electrons. The van der Waals surface area contributed by atoms with E-state index in [1.54, 1.807) is 27.8 Å². The van der Waals surface area contributed by atoms with Gasteiger partial charge in [-0.15, -0.1) is 16.4 Å². The first-order chi connectivity index (χ1) is 16.2. The number of rotatable bonds is 7. The van der Waals surface area contributed by atoms with E-state index < -0.39 is 0 Å². The average molecular weight is 460 g/mol. The number of nitrogens with zero attached hydrogens (tertiary/aromatic N) is 6. The van der Waals surface area contributed by atoms with E-state index in [1.807, 2.05) is 41.8 Å². The van der Waals surface area contributed by atoms with Crippen LogP contribution in [-0.2, 0) is 13.1 Å². The largest absolute Gasteiger partial charge is 0.345 e. The van der Waals surface area contributed by atoms with Gasteiger partial charge in [-0.3, -0.25) is 4.79 Å². The Morgan fingerprint density at radius 3 is 2.52 bits per heavy atom. The molecule has 8 nitrogen and oxygen atoms in total. The number of nitrogens with one attached hydrogen (secondary N) is 1. The summed E-state index contributed by atoms with van der Waals surface area (Å²) < 4.78 is 16.7. The fourth-order valence-electron chi connectivity index (χ4n) is 3.26. The topological polar surface area (TPSA) is 90.5 Å². The second kappa shape index (κ2) is 9.13. The van der Waals surface area contributed by atoms with Crippen LogP contribution in [0.4, 0.5) is 4.39 Å². The number of thiophene rings is 1. The maximum atomic E-state index is 13.4. The zero-order valence-corrected chi connectivity index (χ0v) is 18.1. The Kier molecular flexibility index (Phi) is 5.73. The van der Waals surface area contributed by atoms with E-state index in [-0.39, 0.29) is 17.5 Å². The van der Waals surface area contributed by atoms with Crippen LogP contribution in [-0.4, -0.2) is 35.4 Å². The summed E-state index contributed by atoms with van der Waals surface area (Å²) in [6.07, 6.45) is 3.16. The number of hydrogen-bond acceptors (Lipinski definition) is 6. The highest BCUT2D eigenvalue weighted by atomic mass is 32.1. The van der Waals surface area contributed by atoms with Crippen LogP contribution in [0, 0.1) is 5.82 Å². The van der Waals surface area contributed by atoms with Crippen molar-refractivity contribution in [3.63, 3.8) is 0 Å². The highest BCUT2D eigenvalue weighted by Gasteiger charge is 2.19. The van der Waals surface area contributed by atoms with Crippen molar-refractivity contribution in [2.45, 2.75) is 13.1 Å². The zero-order chi connectivity index (χ0) is 22.6. The highest BCUT2D eigenvalue weighted by Crippen LogP contribution is 2.25. The van der Waals surface area contributed by atoms with Crippen LogP contribution in [0.3, 0.4) is 0 Å². The Hall–Kier alpha value is -4.18. The molecule has 2 aromatic carbocycles. The third kappa shape index (κ3) is 4.70. The summed E-state index contributed by atoms with van der Waals surface area (Å²) in [7, 11) is 0. The summed E-state index contributed by atoms with van der Waals surface area (Å²) in [6, 6.07) is 17.6. The van der Waals surface area contributed by atoms with Crippen LogP contribution in [0.15, 0.2) is 78.7 Å². The third-order valence-corrected chi connectivity index (χ3v) is 5.78. The quantitative estimate of drug-likeness (QED) is 0.401. The van der Waals surface area contributed by atoms with Gasteiger partial charge in [-0.1, -0.05) is 30.3 Å². The standard InChI is InChI=1S/C23H18FN7OS/c24-18-7-9-19(10-8-18)31-22(20-2-1-11-33-20)28-21(29-31)23(32)26-12-16-3-5-17(6-4-16)13-30-15-25-14-27-30/h1-11,14-15H,12-13H2,(H,26,32). The van der Waals surface area contributed by atoms with E-state index in [9.17, 15) is 9.18 Å². The molecule has 0 aliphatic carbocycles. The lowest BCUT2D eigenvalue weighted by Crippen LogP contribution is -2.24. The molecule has 164 valence electrons. The lowest BCUT2D eigenvalue weighted by atomic mass is 10.1. The minimum atomic E-state index is -0.389. The summed E-state index contributed by atoms with van der Waals surface area (Å²) in [5.41, 5.74) is 2.65. The molecular weight excluding hydrogens is 441 g/mol. The van der Waals surface area contributed by atoms with Gasteiger partial charge in [0.2, 0.25) is 5.82 Å². The van der Waals surface area contributed by atoms with Gasteiger partial charge in [-0.05, 0) is 46.8 Å². The maximum Gasteiger partial charge on any atom is 0.291 e. The summed E-state index contributed by atoms with van der Waals surface area (Å²) in [5, 5.41) is 13.3. The maximum absolute atomic E-state index is 13.4. The van der Waals surface area contributed by atoms with E-state index in [2.05, 4.69) is 25.5 Å². The first-order valence-electron chi connectivity index (χ1n) is 10.1. The number of carbonyl (C=O) groups excluding carboxylic acids is 1. The number of amides is 1. The molecule has 0 aliphatic heterocycles. The number of hydrogen-bond donors (Lipinski definition) is 1. The number of halogens is 1. The van der Waals surface area contributed by atoms with Gasteiger partial charge in [0.05, 0.1) is 17.1 Å². The number of benzene rings is 2. The van der Waals surface area contributed by atoms with Gasteiger partial charge in [0.15, 0.2) is 5.82 Å².